The largest absolute Gasteiger partial charge is 0.384 e. The van der Waals surface area contributed by atoms with Crippen LogP contribution in [0.3, 0.4) is 0 Å². The SMILES string of the molecule is CCN(CC(C)(O)c1ccccc1)C1CCC(N)CC1. The number of aliphatic hydroxyl groups is 1. The molecular formula is C17H28N2O. The summed E-state index contributed by atoms with van der Waals surface area (Å²) in [6.07, 6.45) is 4.52. The van der Waals surface area contributed by atoms with E-state index in [0.29, 0.717) is 18.6 Å². The van der Waals surface area contributed by atoms with Crippen LogP contribution >= 0.6 is 0 Å². The molecule has 3 N–H and O–H groups in total. The number of benzene rings is 1. The number of nitrogens with two attached hydrogens (primary N) is 1. The second kappa shape index (κ2) is 6.70. The van der Waals surface area contributed by atoms with Gasteiger partial charge in [0, 0.05) is 18.6 Å². The summed E-state index contributed by atoms with van der Waals surface area (Å²) in [5.74, 6) is 0. The number of likely N-dealkylation sites (N-methyl/N-ethyl adjacent to an activating group) is 1. The van der Waals surface area contributed by atoms with Crippen LogP contribution in [0.1, 0.15) is 45.1 Å². The third-order valence-electron chi connectivity index (χ3n) is 4.57. The zero-order chi connectivity index (χ0) is 14.6. The molecule has 0 saturated heterocycles. The first-order valence-corrected chi connectivity index (χ1v) is 7.80. The molecule has 0 heterocycles. The van der Waals surface area contributed by atoms with E-state index in [9.17, 15) is 5.11 Å². The average Bonchev–Trinajstić information content (AvgIpc) is 2.47. The Labute approximate surface area is 122 Å². The first-order valence-electron chi connectivity index (χ1n) is 7.80. The van der Waals surface area contributed by atoms with E-state index in [1.165, 1.54) is 0 Å². The molecule has 0 bridgehead atoms. The molecule has 1 aliphatic rings. The summed E-state index contributed by atoms with van der Waals surface area (Å²) in [5, 5.41) is 10.8. The van der Waals surface area contributed by atoms with Gasteiger partial charge in [0.25, 0.3) is 0 Å². The molecule has 112 valence electrons. The lowest BCUT2D eigenvalue weighted by atomic mass is 9.89. The smallest absolute Gasteiger partial charge is 0.0994 e. The molecule has 1 unspecified atom stereocenters. The lowest BCUT2D eigenvalue weighted by molar-refractivity contribution is -0.00257. The number of nitrogens with zero attached hydrogens (tertiary/aromatic N) is 1. The standard InChI is InChI=1S/C17H28N2O/c1-3-19(16-11-9-15(18)10-12-16)13-17(2,20)14-7-5-4-6-8-14/h4-8,15-16,20H,3,9-13,18H2,1-2H3. The molecule has 2 rings (SSSR count). The van der Waals surface area contributed by atoms with Gasteiger partial charge in [-0.25, -0.2) is 0 Å². The molecule has 1 fully saturated rings. The molecule has 1 aliphatic carbocycles. The maximum absolute atomic E-state index is 10.8. The molecular weight excluding hydrogens is 248 g/mol. The lowest BCUT2D eigenvalue weighted by Gasteiger charge is -2.39. The first-order chi connectivity index (χ1) is 9.53. The summed E-state index contributed by atoms with van der Waals surface area (Å²) in [4.78, 5) is 2.42. The second-order valence-corrected chi connectivity index (χ2v) is 6.27. The Morgan fingerprint density at radius 2 is 1.80 bits per heavy atom. The fraction of sp³-hybridized carbons (Fsp3) is 0.647. The highest BCUT2D eigenvalue weighted by Gasteiger charge is 2.30. The van der Waals surface area contributed by atoms with Crippen LogP contribution in [0.2, 0.25) is 0 Å². The van der Waals surface area contributed by atoms with E-state index in [1.807, 2.05) is 37.3 Å². The van der Waals surface area contributed by atoms with Gasteiger partial charge in [-0.05, 0) is 44.7 Å². The first kappa shape index (κ1) is 15.5. The van der Waals surface area contributed by atoms with E-state index in [2.05, 4.69) is 11.8 Å². The Kier molecular flexibility index (Phi) is 5.19. The van der Waals surface area contributed by atoms with Crippen molar-refractivity contribution >= 4 is 0 Å². The molecule has 1 atom stereocenters. The normalized spacial score (nSPS) is 26.4. The summed E-state index contributed by atoms with van der Waals surface area (Å²) < 4.78 is 0. The maximum atomic E-state index is 10.8. The Morgan fingerprint density at radius 1 is 1.20 bits per heavy atom. The van der Waals surface area contributed by atoms with Gasteiger partial charge in [-0.2, -0.15) is 0 Å². The van der Waals surface area contributed by atoms with Crippen molar-refractivity contribution in [1.29, 1.82) is 0 Å². The van der Waals surface area contributed by atoms with Crippen molar-refractivity contribution in [3.8, 4) is 0 Å². The van der Waals surface area contributed by atoms with Crippen molar-refractivity contribution < 1.29 is 5.11 Å². The van der Waals surface area contributed by atoms with Crippen LogP contribution in [0.15, 0.2) is 30.3 Å². The molecule has 3 heteroatoms. The summed E-state index contributed by atoms with van der Waals surface area (Å²) in [5.41, 5.74) is 6.19. The fourth-order valence-corrected chi connectivity index (χ4v) is 3.25. The third-order valence-corrected chi connectivity index (χ3v) is 4.57. The van der Waals surface area contributed by atoms with E-state index < -0.39 is 5.60 Å². The van der Waals surface area contributed by atoms with Crippen LogP contribution in [0.4, 0.5) is 0 Å². The number of rotatable bonds is 5. The highest BCUT2D eigenvalue weighted by molar-refractivity contribution is 5.21. The molecule has 0 radical (unpaired) electrons. The maximum Gasteiger partial charge on any atom is 0.0994 e. The summed E-state index contributed by atoms with van der Waals surface area (Å²) in [6.45, 7) is 5.76. The van der Waals surface area contributed by atoms with Crippen LogP contribution in [0.25, 0.3) is 0 Å². The van der Waals surface area contributed by atoms with E-state index in [0.717, 1.165) is 37.8 Å². The van der Waals surface area contributed by atoms with Gasteiger partial charge in [-0.1, -0.05) is 37.3 Å². The molecule has 0 spiro atoms. The van der Waals surface area contributed by atoms with Gasteiger partial charge in [0.2, 0.25) is 0 Å². The van der Waals surface area contributed by atoms with Crippen LogP contribution in [0, 0.1) is 0 Å². The molecule has 0 aliphatic heterocycles. The predicted octanol–water partition coefficient (Wildman–Crippen LogP) is 2.49. The van der Waals surface area contributed by atoms with Crippen molar-refractivity contribution in [2.75, 3.05) is 13.1 Å². The molecule has 1 aromatic carbocycles. The Balaban J connectivity index is 2.02. The second-order valence-electron chi connectivity index (χ2n) is 6.27. The molecule has 0 amide bonds. The average molecular weight is 276 g/mol. The van der Waals surface area contributed by atoms with Gasteiger partial charge in [0.05, 0.1) is 5.60 Å². The minimum atomic E-state index is -0.795. The van der Waals surface area contributed by atoms with Gasteiger partial charge in [0.1, 0.15) is 0 Å². The Hall–Kier alpha value is -0.900. The molecule has 1 saturated carbocycles. The molecule has 3 nitrogen and oxygen atoms in total. The predicted molar refractivity (Wildman–Crippen MR) is 83.5 cm³/mol. The van der Waals surface area contributed by atoms with E-state index in [-0.39, 0.29) is 0 Å². The molecule has 20 heavy (non-hydrogen) atoms. The van der Waals surface area contributed by atoms with Crippen LogP contribution in [0.5, 0.6) is 0 Å². The van der Waals surface area contributed by atoms with Crippen LogP contribution in [-0.2, 0) is 5.60 Å². The van der Waals surface area contributed by atoms with Gasteiger partial charge in [-0.3, -0.25) is 4.90 Å². The summed E-state index contributed by atoms with van der Waals surface area (Å²) in [6, 6.07) is 10.9. The van der Waals surface area contributed by atoms with Gasteiger partial charge in [0.15, 0.2) is 0 Å². The molecule has 1 aromatic rings. The monoisotopic (exact) mass is 276 g/mol. The molecule has 0 aromatic heterocycles. The van der Waals surface area contributed by atoms with E-state index >= 15 is 0 Å². The van der Waals surface area contributed by atoms with Crippen molar-refractivity contribution in [1.82, 2.24) is 4.90 Å². The zero-order valence-corrected chi connectivity index (χ0v) is 12.8. The van der Waals surface area contributed by atoms with Crippen molar-refractivity contribution in [2.24, 2.45) is 5.73 Å². The van der Waals surface area contributed by atoms with Crippen molar-refractivity contribution in [3.05, 3.63) is 35.9 Å². The minimum Gasteiger partial charge on any atom is -0.384 e. The number of hydrogen-bond acceptors (Lipinski definition) is 3. The van der Waals surface area contributed by atoms with E-state index in [4.69, 9.17) is 5.73 Å². The minimum absolute atomic E-state index is 0.375. The Morgan fingerprint density at radius 3 is 2.35 bits per heavy atom. The fourth-order valence-electron chi connectivity index (χ4n) is 3.25. The van der Waals surface area contributed by atoms with Crippen LogP contribution < -0.4 is 5.73 Å². The third kappa shape index (κ3) is 3.81. The Bertz CT molecular complexity index is 397. The summed E-state index contributed by atoms with van der Waals surface area (Å²) in [7, 11) is 0. The van der Waals surface area contributed by atoms with Gasteiger partial charge < -0.3 is 10.8 Å². The van der Waals surface area contributed by atoms with E-state index in [1.54, 1.807) is 0 Å². The highest BCUT2D eigenvalue weighted by atomic mass is 16.3. The lowest BCUT2D eigenvalue weighted by Crippen LogP contribution is -2.46. The highest BCUT2D eigenvalue weighted by Crippen LogP contribution is 2.27. The topological polar surface area (TPSA) is 49.5 Å². The van der Waals surface area contributed by atoms with Gasteiger partial charge in [-0.15, -0.1) is 0 Å². The van der Waals surface area contributed by atoms with Gasteiger partial charge >= 0.3 is 0 Å². The summed E-state index contributed by atoms with van der Waals surface area (Å²) >= 11 is 0. The van der Waals surface area contributed by atoms with Crippen molar-refractivity contribution in [3.63, 3.8) is 0 Å². The number of hydrogen-bond donors (Lipinski definition) is 2. The van der Waals surface area contributed by atoms with Crippen molar-refractivity contribution in [2.45, 2.75) is 57.2 Å². The zero-order valence-electron chi connectivity index (χ0n) is 12.8. The quantitative estimate of drug-likeness (QED) is 0.868. The van der Waals surface area contributed by atoms with Crippen LogP contribution in [-0.4, -0.2) is 35.2 Å².